The van der Waals surface area contributed by atoms with E-state index in [0.29, 0.717) is 25.8 Å². The van der Waals surface area contributed by atoms with Gasteiger partial charge < -0.3 is 24.3 Å². The fourth-order valence-electron chi connectivity index (χ4n) is 5.54. The van der Waals surface area contributed by atoms with Crippen molar-refractivity contribution in [3.05, 3.63) is 58.9 Å². The van der Waals surface area contributed by atoms with Gasteiger partial charge in [-0.3, -0.25) is 0 Å². The quantitative estimate of drug-likeness (QED) is 0.269. The van der Waals surface area contributed by atoms with E-state index in [0.717, 1.165) is 42.0 Å². The van der Waals surface area contributed by atoms with Crippen LogP contribution in [0, 0.1) is 11.7 Å². The number of carbonyl (C=O) groups excluding carboxylic acids is 1. The van der Waals surface area contributed by atoms with E-state index in [4.69, 9.17) is 18.9 Å². The molecule has 1 aliphatic rings. The Kier molecular flexibility index (Phi) is 12.1. The number of aryl methyl sites for hydroxylation is 2. The molecule has 0 bridgehead atoms. The molecule has 0 heterocycles. The molecule has 206 valence electrons. The maximum Gasteiger partial charge on any atom is 0.332 e. The summed E-state index contributed by atoms with van der Waals surface area (Å²) in [6.07, 6.45) is 3.89. The zero-order chi connectivity index (χ0) is 26.1. The van der Waals surface area contributed by atoms with Gasteiger partial charge >= 0.3 is 5.97 Å². The number of hydrogen-bond donors (Lipinski definition) is 1. The van der Waals surface area contributed by atoms with Crippen LogP contribution in [-0.2, 0) is 27.1 Å². The van der Waals surface area contributed by atoms with Crippen LogP contribution in [0.25, 0.3) is 0 Å². The maximum absolute atomic E-state index is 13.9. The average molecular weight is 538 g/mol. The molecular formula is C29H41ClFNO5. The number of halogens is 2. The van der Waals surface area contributed by atoms with Crippen molar-refractivity contribution in [2.75, 3.05) is 41.0 Å². The van der Waals surface area contributed by atoms with Crippen LogP contribution in [0.1, 0.15) is 55.7 Å². The first-order valence-corrected chi connectivity index (χ1v) is 12.7. The van der Waals surface area contributed by atoms with E-state index in [1.165, 1.54) is 18.7 Å². The van der Waals surface area contributed by atoms with Gasteiger partial charge in [0, 0.05) is 19.4 Å². The third kappa shape index (κ3) is 7.82. The Morgan fingerprint density at radius 1 is 1.08 bits per heavy atom. The molecule has 0 fully saturated rings. The summed E-state index contributed by atoms with van der Waals surface area (Å²) in [6, 6.07) is 11.0. The Labute approximate surface area is 226 Å². The van der Waals surface area contributed by atoms with Crippen LogP contribution in [0.5, 0.6) is 11.5 Å². The molecule has 37 heavy (non-hydrogen) atoms. The predicted molar refractivity (Wildman–Crippen MR) is 146 cm³/mol. The van der Waals surface area contributed by atoms with Gasteiger partial charge in [0.25, 0.3) is 0 Å². The first-order valence-electron chi connectivity index (χ1n) is 12.7. The van der Waals surface area contributed by atoms with Crippen LogP contribution >= 0.6 is 12.4 Å². The number of ether oxygens (including phenoxy) is 4. The lowest BCUT2D eigenvalue weighted by atomic mass is 9.65. The van der Waals surface area contributed by atoms with E-state index in [1.807, 2.05) is 18.2 Å². The highest BCUT2D eigenvalue weighted by Crippen LogP contribution is 2.48. The fourth-order valence-corrected chi connectivity index (χ4v) is 5.54. The largest absolute Gasteiger partial charge is 0.493 e. The lowest BCUT2D eigenvalue weighted by Crippen LogP contribution is -2.49. The molecule has 0 spiro atoms. The van der Waals surface area contributed by atoms with Gasteiger partial charge in [0.2, 0.25) is 0 Å². The molecule has 0 saturated heterocycles. The zero-order valence-corrected chi connectivity index (χ0v) is 23.4. The second-order valence-corrected chi connectivity index (χ2v) is 9.83. The minimum Gasteiger partial charge on any atom is -0.493 e. The van der Waals surface area contributed by atoms with Crippen LogP contribution < -0.4 is 14.8 Å². The van der Waals surface area contributed by atoms with Crippen molar-refractivity contribution in [2.45, 2.75) is 57.5 Å². The second-order valence-electron chi connectivity index (χ2n) is 9.83. The lowest BCUT2D eigenvalue weighted by molar-refractivity contribution is -0.171. The molecule has 6 nitrogen and oxygen atoms in total. The van der Waals surface area contributed by atoms with Gasteiger partial charge in [-0.05, 0) is 85.6 Å². The molecule has 0 unspecified atom stereocenters. The summed E-state index contributed by atoms with van der Waals surface area (Å²) in [5.41, 5.74) is 2.62. The van der Waals surface area contributed by atoms with Crippen molar-refractivity contribution in [2.24, 2.45) is 5.92 Å². The van der Waals surface area contributed by atoms with Crippen LogP contribution in [0.15, 0.2) is 36.4 Å². The average Bonchev–Trinajstić information content (AvgIpc) is 2.85. The Hall–Kier alpha value is -2.35. The molecule has 1 N–H and O–H groups in total. The Bertz CT molecular complexity index is 1020. The predicted octanol–water partition coefficient (Wildman–Crippen LogP) is 5.49. The molecule has 0 radical (unpaired) electrons. The first-order chi connectivity index (χ1) is 17.3. The highest BCUT2D eigenvalue weighted by Gasteiger charge is 2.47. The summed E-state index contributed by atoms with van der Waals surface area (Å²) < 4.78 is 35.9. The van der Waals surface area contributed by atoms with Gasteiger partial charge in [0.05, 0.1) is 14.2 Å². The first kappa shape index (κ1) is 30.9. The van der Waals surface area contributed by atoms with E-state index in [2.05, 4.69) is 25.2 Å². The highest BCUT2D eigenvalue weighted by molar-refractivity contribution is 5.85. The van der Waals surface area contributed by atoms with Crippen LogP contribution in [0.4, 0.5) is 4.39 Å². The number of benzene rings is 2. The van der Waals surface area contributed by atoms with Gasteiger partial charge in [-0.2, -0.15) is 0 Å². The standard InChI is InChI=1S/C29H40FNO5.ClH/c1-20(2)28-24-10-9-23(30)18-22(24)12-13-29(28,36-27(32)19-33-3)14-16-31-15-6-7-21-8-11-25(34-4)26(17-21)35-5;/h8-11,17-18,20,28,31H,6-7,12-16,19H2,1-5H3;1H/t28-,29-;/m0./s1. The van der Waals surface area contributed by atoms with E-state index in [9.17, 15) is 9.18 Å². The SMILES string of the molecule is COCC(=O)O[C@]1(CCNCCCc2ccc(OC)c(OC)c2)CCc2cc(F)ccc2[C@@H]1C(C)C.Cl. The number of rotatable bonds is 13. The normalized spacial score (nSPS) is 18.6. The summed E-state index contributed by atoms with van der Waals surface area (Å²) in [5.74, 6) is 1.08. The molecule has 2 aromatic rings. The number of hydrogen-bond acceptors (Lipinski definition) is 6. The van der Waals surface area contributed by atoms with Gasteiger partial charge in [-0.1, -0.05) is 26.0 Å². The number of esters is 1. The molecule has 8 heteroatoms. The van der Waals surface area contributed by atoms with Crippen molar-refractivity contribution >= 4 is 18.4 Å². The third-order valence-corrected chi connectivity index (χ3v) is 7.06. The van der Waals surface area contributed by atoms with Crippen molar-refractivity contribution < 1.29 is 28.1 Å². The zero-order valence-electron chi connectivity index (χ0n) is 22.6. The molecular weight excluding hydrogens is 497 g/mol. The molecule has 1 aliphatic carbocycles. The molecule has 0 aromatic heterocycles. The van der Waals surface area contributed by atoms with Crippen LogP contribution in [0.2, 0.25) is 0 Å². The van der Waals surface area contributed by atoms with Crippen molar-refractivity contribution in [3.63, 3.8) is 0 Å². The smallest absolute Gasteiger partial charge is 0.332 e. The molecule has 0 aliphatic heterocycles. The Morgan fingerprint density at radius 2 is 1.84 bits per heavy atom. The lowest BCUT2D eigenvalue weighted by Gasteiger charge is -2.46. The summed E-state index contributed by atoms with van der Waals surface area (Å²) in [4.78, 5) is 12.6. The third-order valence-electron chi connectivity index (χ3n) is 7.06. The number of nitrogens with one attached hydrogen (secondary N) is 1. The van der Waals surface area contributed by atoms with Gasteiger partial charge in [0.1, 0.15) is 18.0 Å². The molecule has 2 atom stereocenters. The summed E-state index contributed by atoms with van der Waals surface area (Å²) >= 11 is 0. The van der Waals surface area contributed by atoms with Gasteiger partial charge in [-0.15, -0.1) is 12.4 Å². The molecule has 2 aromatic carbocycles. The van der Waals surface area contributed by atoms with E-state index < -0.39 is 5.60 Å². The van der Waals surface area contributed by atoms with E-state index in [1.54, 1.807) is 20.3 Å². The monoisotopic (exact) mass is 537 g/mol. The summed E-state index contributed by atoms with van der Waals surface area (Å²) in [7, 11) is 4.77. The van der Waals surface area contributed by atoms with Crippen LogP contribution in [-0.4, -0.2) is 52.6 Å². The second kappa shape index (κ2) is 14.6. The van der Waals surface area contributed by atoms with Crippen molar-refractivity contribution in [1.29, 1.82) is 0 Å². The van der Waals surface area contributed by atoms with E-state index in [-0.39, 0.29) is 42.6 Å². The summed E-state index contributed by atoms with van der Waals surface area (Å²) in [5, 5.41) is 3.54. The minimum absolute atomic E-state index is 0. The Balaban J connectivity index is 0.00000481. The van der Waals surface area contributed by atoms with Gasteiger partial charge in [0.15, 0.2) is 11.5 Å². The number of fused-ring (bicyclic) bond motifs is 1. The fraction of sp³-hybridized carbons (Fsp3) is 0.552. The highest BCUT2D eigenvalue weighted by atomic mass is 35.5. The van der Waals surface area contributed by atoms with E-state index >= 15 is 0 Å². The van der Waals surface area contributed by atoms with Crippen molar-refractivity contribution in [1.82, 2.24) is 5.32 Å². The molecule has 0 amide bonds. The molecule has 0 saturated carbocycles. The van der Waals surface area contributed by atoms with Crippen LogP contribution in [0.3, 0.4) is 0 Å². The van der Waals surface area contributed by atoms with Gasteiger partial charge in [-0.25, -0.2) is 9.18 Å². The Morgan fingerprint density at radius 3 is 2.51 bits per heavy atom. The topological polar surface area (TPSA) is 66.0 Å². The molecule has 3 rings (SSSR count). The minimum atomic E-state index is -0.662. The maximum atomic E-state index is 13.9. The number of carbonyl (C=O) groups is 1. The van der Waals surface area contributed by atoms with Crippen molar-refractivity contribution in [3.8, 4) is 11.5 Å². The number of methoxy groups -OCH3 is 3. The summed E-state index contributed by atoms with van der Waals surface area (Å²) in [6.45, 7) is 5.75.